The molecule has 1 saturated heterocycles. The van der Waals surface area contributed by atoms with Crippen LogP contribution in [-0.4, -0.2) is 37.5 Å². The Morgan fingerprint density at radius 2 is 2.05 bits per heavy atom. The maximum absolute atomic E-state index is 5.38. The summed E-state index contributed by atoms with van der Waals surface area (Å²) >= 11 is 3.56. The molecule has 112 valence electrons. The molecule has 0 aromatic heterocycles. The minimum Gasteiger partial charge on any atom is -0.493 e. The minimum absolute atomic E-state index is 0.798. The first-order chi connectivity index (χ1) is 9.76. The molecule has 1 aromatic carbocycles. The van der Waals surface area contributed by atoms with Gasteiger partial charge < -0.3 is 9.47 Å². The van der Waals surface area contributed by atoms with Crippen molar-refractivity contribution in [1.29, 1.82) is 0 Å². The SMILES string of the molecule is COc1ccc(CN2CCCC(CCBr)C2)cc1OC. The van der Waals surface area contributed by atoms with Gasteiger partial charge in [-0.3, -0.25) is 4.90 Å². The lowest BCUT2D eigenvalue weighted by molar-refractivity contribution is 0.165. The molecule has 1 unspecified atom stereocenters. The summed E-state index contributed by atoms with van der Waals surface area (Å²) in [7, 11) is 3.36. The monoisotopic (exact) mass is 341 g/mol. The summed E-state index contributed by atoms with van der Waals surface area (Å²) in [4.78, 5) is 2.55. The zero-order chi connectivity index (χ0) is 14.4. The number of benzene rings is 1. The molecule has 3 nitrogen and oxygen atoms in total. The highest BCUT2D eigenvalue weighted by Crippen LogP contribution is 2.29. The average molecular weight is 342 g/mol. The average Bonchev–Trinajstić information content (AvgIpc) is 2.48. The molecule has 20 heavy (non-hydrogen) atoms. The fourth-order valence-electron chi connectivity index (χ4n) is 2.92. The number of likely N-dealkylation sites (tertiary alicyclic amines) is 1. The molecule has 0 radical (unpaired) electrons. The van der Waals surface area contributed by atoms with E-state index < -0.39 is 0 Å². The number of piperidine rings is 1. The van der Waals surface area contributed by atoms with Crippen LogP contribution in [0.25, 0.3) is 0 Å². The van der Waals surface area contributed by atoms with Gasteiger partial charge in [-0.15, -0.1) is 0 Å². The molecule has 1 aromatic rings. The zero-order valence-electron chi connectivity index (χ0n) is 12.4. The summed E-state index contributed by atoms with van der Waals surface area (Å²) in [5.74, 6) is 2.45. The van der Waals surface area contributed by atoms with Gasteiger partial charge in [0.25, 0.3) is 0 Å². The van der Waals surface area contributed by atoms with Crippen molar-refractivity contribution in [3.8, 4) is 11.5 Å². The lowest BCUT2D eigenvalue weighted by atomic mass is 9.95. The fraction of sp³-hybridized carbons (Fsp3) is 0.625. The molecule has 1 aliphatic heterocycles. The summed E-state index contributed by atoms with van der Waals surface area (Å²) in [6, 6.07) is 6.22. The molecule has 1 aliphatic rings. The van der Waals surface area contributed by atoms with Gasteiger partial charge in [0.05, 0.1) is 14.2 Å². The Bertz CT molecular complexity index is 423. The molecule has 0 aliphatic carbocycles. The maximum Gasteiger partial charge on any atom is 0.161 e. The van der Waals surface area contributed by atoms with E-state index in [9.17, 15) is 0 Å². The van der Waals surface area contributed by atoms with Crippen molar-refractivity contribution in [3.63, 3.8) is 0 Å². The normalized spacial score (nSPS) is 19.9. The molecule has 1 atom stereocenters. The third-order valence-corrected chi connectivity index (χ3v) is 4.43. The molecule has 0 saturated carbocycles. The number of hydrogen-bond donors (Lipinski definition) is 0. The van der Waals surface area contributed by atoms with Crippen LogP contribution < -0.4 is 9.47 Å². The Balaban J connectivity index is 1.98. The molecule has 0 amide bonds. The van der Waals surface area contributed by atoms with E-state index in [0.717, 1.165) is 29.3 Å². The second-order valence-corrected chi connectivity index (χ2v) is 6.20. The third-order valence-electron chi connectivity index (χ3n) is 3.97. The first-order valence-electron chi connectivity index (χ1n) is 7.26. The van der Waals surface area contributed by atoms with Crippen LogP contribution in [0.1, 0.15) is 24.8 Å². The summed E-state index contributed by atoms with van der Waals surface area (Å²) < 4.78 is 10.7. The van der Waals surface area contributed by atoms with Crippen LogP contribution in [0.2, 0.25) is 0 Å². The van der Waals surface area contributed by atoms with Gasteiger partial charge in [0.15, 0.2) is 11.5 Å². The van der Waals surface area contributed by atoms with E-state index >= 15 is 0 Å². The Hall–Kier alpha value is -0.740. The molecular formula is C16H24BrNO2. The standard InChI is InChI=1S/C16H24BrNO2/c1-19-15-6-5-14(10-16(15)20-2)12-18-9-3-4-13(11-18)7-8-17/h5-6,10,13H,3-4,7-9,11-12H2,1-2H3. The number of hydrogen-bond acceptors (Lipinski definition) is 3. The predicted octanol–water partition coefficient (Wildman–Crippen LogP) is 3.70. The van der Waals surface area contributed by atoms with Gasteiger partial charge in [0, 0.05) is 18.4 Å². The van der Waals surface area contributed by atoms with Gasteiger partial charge in [-0.1, -0.05) is 22.0 Å². The van der Waals surface area contributed by atoms with Crippen LogP contribution in [0.15, 0.2) is 18.2 Å². The zero-order valence-corrected chi connectivity index (χ0v) is 14.0. The number of nitrogens with zero attached hydrogens (tertiary/aromatic N) is 1. The van der Waals surface area contributed by atoms with Crippen molar-refractivity contribution < 1.29 is 9.47 Å². The van der Waals surface area contributed by atoms with Gasteiger partial charge >= 0.3 is 0 Å². The van der Waals surface area contributed by atoms with E-state index in [-0.39, 0.29) is 0 Å². The maximum atomic E-state index is 5.38. The van der Waals surface area contributed by atoms with E-state index in [1.165, 1.54) is 37.9 Å². The Morgan fingerprint density at radius 3 is 2.75 bits per heavy atom. The summed E-state index contributed by atoms with van der Waals surface area (Å²) in [5, 5.41) is 1.11. The Kier molecular flexibility index (Phi) is 6.17. The van der Waals surface area contributed by atoms with Crippen LogP contribution in [0.3, 0.4) is 0 Å². The van der Waals surface area contributed by atoms with Crippen molar-refractivity contribution in [2.75, 3.05) is 32.6 Å². The van der Waals surface area contributed by atoms with E-state index in [1.54, 1.807) is 14.2 Å². The van der Waals surface area contributed by atoms with Gasteiger partial charge in [-0.05, 0) is 49.4 Å². The van der Waals surface area contributed by atoms with Crippen molar-refractivity contribution in [2.24, 2.45) is 5.92 Å². The summed E-state index contributed by atoms with van der Waals surface area (Å²) in [6.07, 6.45) is 3.96. The molecule has 1 fully saturated rings. The summed E-state index contributed by atoms with van der Waals surface area (Å²) in [5.41, 5.74) is 1.29. The van der Waals surface area contributed by atoms with Gasteiger partial charge in [-0.25, -0.2) is 0 Å². The molecule has 2 rings (SSSR count). The molecule has 4 heteroatoms. The lowest BCUT2D eigenvalue weighted by Crippen LogP contribution is -2.35. The number of alkyl halides is 1. The highest BCUT2D eigenvalue weighted by molar-refractivity contribution is 9.09. The molecular weight excluding hydrogens is 318 g/mol. The van der Waals surface area contributed by atoms with Crippen LogP contribution in [0.5, 0.6) is 11.5 Å². The number of ether oxygens (including phenoxy) is 2. The van der Waals surface area contributed by atoms with Crippen molar-refractivity contribution >= 4 is 15.9 Å². The molecule has 0 N–H and O–H groups in total. The molecule has 0 spiro atoms. The Morgan fingerprint density at radius 1 is 1.25 bits per heavy atom. The number of methoxy groups -OCH3 is 2. The van der Waals surface area contributed by atoms with E-state index in [4.69, 9.17) is 9.47 Å². The smallest absolute Gasteiger partial charge is 0.161 e. The van der Waals surface area contributed by atoms with Crippen LogP contribution >= 0.6 is 15.9 Å². The summed E-state index contributed by atoms with van der Waals surface area (Å²) in [6.45, 7) is 3.41. The Labute approximate surface area is 130 Å². The first kappa shape index (κ1) is 15.6. The topological polar surface area (TPSA) is 21.7 Å². The first-order valence-corrected chi connectivity index (χ1v) is 8.38. The van der Waals surface area contributed by atoms with Gasteiger partial charge in [0.1, 0.15) is 0 Å². The highest BCUT2D eigenvalue weighted by atomic mass is 79.9. The second-order valence-electron chi connectivity index (χ2n) is 5.41. The van der Waals surface area contributed by atoms with Gasteiger partial charge in [-0.2, -0.15) is 0 Å². The van der Waals surface area contributed by atoms with Crippen molar-refractivity contribution in [1.82, 2.24) is 4.90 Å². The van der Waals surface area contributed by atoms with E-state index in [1.807, 2.05) is 6.07 Å². The van der Waals surface area contributed by atoms with E-state index in [2.05, 4.69) is 33.0 Å². The largest absolute Gasteiger partial charge is 0.493 e. The number of rotatable bonds is 6. The van der Waals surface area contributed by atoms with E-state index in [0.29, 0.717) is 0 Å². The highest BCUT2D eigenvalue weighted by Gasteiger charge is 2.19. The van der Waals surface area contributed by atoms with Crippen molar-refractivity contribution in [3.05, 3.63) is 23.8 Å². The second kappa shape index (κ2) is 7.89. The minimum atomic E-state index is 0.798. The van der Waals surface area contributed by atoms with Crippen molar-refractivity contribution in [2.45, 2.75) is 25.8 Å². The van der Waals surface area contributed by atoms with Crippen LogP contribution in [0, 0.1) is 5.92 Å². The predicted molar refractivity (Wildman–Crippen MR) is 86.0 cm³/mol. The number of halogens is 1. The van der Waals surface area contributed by atoms with Gasteiger partial charge in [0.2, 0.25) is 0 Å². The molecule has 0 bridgehead atoms. The fourth-order valence-corrected chi connectivity index (χ4v) is 3.57. The molecule has 1 heterocycles. The van der Waals surface area contributed by atoms with Crippen LogP contribution in [0.4, 0.5) is 0 Å². The van der Waals surface area contributed by atoms with Crippen LogP contribution in [-0.2, 0) is 6.54 Å². The lowest BCUT2D eigenvalue weighted by Gasteiger charge is -2.32. The third kappa shape index (κ3) is 4.13. The quantitative estimate of drug-likeness (QED) is 0.736.